The summed E-state index contributed by atoms with van der Waals surface area (Å²) in [6, 6.07) is 0. The molecule has 4 heterocycles. The summed E-state index contributed by atoms with van der Waals surface area (Å²) in [5.41, 5.74) is 7.57. The molecule has 6 N–H and O–H groups in total. The lowest BCUT2D eigenvalue weighted by molar-refractivity contribution is -0.182. The Morgan fingerprint density at radius 1 is 0.434 bits per heavy atom. The highest BCUT2D eigenvalue weighted by Crippen LogP contribution is 2.84. The molecule has 15 heteroatoms. The zero-order valence-electron chi connectivity index (χ0n) is 64.0. The van der Waals surface area contributed by atoms with E-state index in [-0.39, 0.29) is 78.9 Å². The highest BCUT2D eigenvalue weighted by Gasteiger charge is 2.84. The van der Waals surface area contributed by atoms with Crippen LogP contribution in [-0.4, -0.2) is 80.2 Å². The molecular weight excluding hydrogens is 1350 g/mol. The van der Waals surface area contributed by atoms with Crippen LogP contribution < -0.4 is 0 Å². The molecule has 20 aliphatic carbocycles. The summed E-state index contributed by atoms with van der Waals surface area (Å²) < 4.78 is 24.8. The molecule has 22 unspecified atom stereocenters. The third kappa shape index (κ3) is 9.39. The molecule has 106 heavy (non-hydrogen) atoms. The summed E-state index contributed by atoms with van der Waals surface area (Å²) in [6.45, 7) is 12.1. The van der Waals surface area contributed by atoms with Crippen molar-refractivity contribution in [3.8, 4) is 0 Å². The summed E-state index contributed by atoms with van der Waals surface area (Å²) >= 11 is 6.56. The first-order chi connectivity index (χ1) is 50.1. The topological polar surface area (TPSA) is 250 Å². The number of ketones is 2. The quantitative estimate of drug-likeness (QED) is 0.195. The van der Waals surface area contributed by atoms with Crippen molar-refractivity contribution in [3.63, 3.8) is 0 Å². The monoisotopic (exact) mass is 1470 g/mol. The Kier molecular flexibility index (Phi) is 16.6. The van der Waals surface area contributed by atoms with Gasteiger partial charge in [-0.15, -0.1) is 0 Å². The molecule has 24 aliphatic rings. The van der Waals surface area contributed by atoms with E-state index in [0.717, 1.165) is 190 Å². The molecule has 24 rings (SSSR count). The summed E-state index contributed by atoms with van der Waals surface area (Å²) in [4.78, 5) is 72.3. The standard InChI is InChI=1S/C24H32O3.C23H30O3.C22H28ClNO2.C22H27NO2.2H2O/c1-3-23-8-6-17-16-5-4-15(25)11-14(16)10-13(2)21(17)22(23)18-12-19(18)24(23)9-7-20(26)27-24;1-2-22-9-7-16-15-6-4-14(24)11-13(15)3-5-17(16)21(22)18-12-19(18)23(22)10-8-20(25)26-23;1-21-8-6-12-11-4-5-17(24)20(23)14(11)3-2-13(12)19(21)15-10-16(15)22(21)9-7-18(25)26-22;1-21-8-6-15-14-5-3-13(23)10-12(14)2-4-16(15)20(21)17-11-18(17)22(21)9-7-19(24)25-22;;/h11,13,16-19,21-22H,3-10,12H2,1-2H3;11,15-19,21H,2-10,12H2,1H3;11-13,15-16,19,24H,2-10H2,1H3;2,4,10,14-18,20,23H,3,5-9,11H2,1H3;2*1H2/t13?,16-,17?,18?,19?,21?,22?,23-,24-;15-,16?,17?,18?,19?,21?,22-,23-;11?,12?,13?,15?,16?,19?,21-,22-;14-,15?,16?,17?,18?,20?,21-,22-;;/m0000../s1. The van der Waals surface area contributed by atoms with Crippen LogP contribution in [-0.2, 0) is 47.7 Å². The molecule has 4 spiro atoms. The molecule has 0 bridgehead atoms. The highest BCUT2D eigenvalue weighted by atomic mass is 35.5. The smallest absolute Gasteiger partial charge is 0.306 e. The lowest BCUT2D eigenvalue weighted by Gasteiger charge is -2.60. The van der Waals surface area contributed by atoms with Gasteiger partial charge in [0.25, 0.3) is 0 Å². The van der Waals surface area contributed by atoms with Gasteiger partial charge in [0.2, 0.25) is 0 Å². The zero-order chi connectivity index (χ0) is 71.1. The van der Waals surface area contributed by atoms with E-state index >= 15 is 0 Å². The SMILES string of the molecule is CC[C@]12CCC3C(C(C)CC4=CC(=O)CC[C@@H]43)C1C1CC1[C@@]21CCC(=O)O1.CC[C@]12CCC3C(CCC4=CC(=O)CC[C@@H]43)C1C1CC1[C@@]21CCC(=O)O1.C[C@]12CCC3C(C=CC4=CC(=N)CC[C@@H]43)C1C1CC1[C@@]21CCC(=O)O1.C[C@]12CCC3C4CCC(=N)C(Cl)=C4CCC3C1C1CC1[C@@]21CCC(=O)O1.O.O. The number of carbonyl (C=O) groups is 6. The maximum atomic E-state index is 12.2. The molecule has 19 fully saturated rings. The fourth-order valence-electron chi connectivity index (χ4n) is 35.0. The number of allylic oxidation sites excluding steroid dienone is 8. The van der Waals surface area contributed by atoms with E-state index in [4.69, 9.17) is 41.4 Å². The minimum Gasteiger partial charge on any atom is -0.458 e. The molecule has 33 atom stereocenters. The van der Waals surface area contributed by atoms with E-state index in [2.05, 4.69) is 52.8 Å². The minimum absolute atomic E-state index is 0. The Balaban J connectivity index is 0.0000000961. The number of hydrogen-bond donors (Lipinski definition) is 2. The number of carbonyl (C=O) groups excluding carboxylic acids is 6. The second-order valence-corrected chi connectivity index (χ2v) is 41.2. The van der Waals surface area contributed by atoms with Crippen LogP contribution in [0, 0.1) is 180 Å². The molecule has 4 aliphatic heterocycles. The normalized spacial score (nSPS) is 53.8. The van der Waals surface area contributed by atoms with Crippen LogP contribution in [0.1, 0.15) is 259 Å². The Bertz CT molecular complexity index is 4000. The lowest BCUT2D eigenvalue weighted by atomic mass is 9.46. The predicted molar refractivity (Wildman–Crippen MR) is 401 cm³/mol. The fourth-order valence-corrected chi connectivity index (χ4v) is 35.3. The van der Waals surface area contributed by atoms with Crippen molar-refractivity contribution >= 4 is 58.5 Å². The van der Waals surface area contributed by atoms with Crippen molar-refractivity contribution in [2.75, 3.05) is 0 Å². The zero-order valence-corrected chi connectivity index (χ0v) is 64.8. The van der Waals surface area contributed by atoms with E-state index in [1.165, 1.54) is 125 Å². The molecule has 574 valence electrons. The van der Waals surface area contributed by atoms with Crippen LogP contribution in [0.4, 0.5) is 0 Å². The molecule has 0 aromatic carbocycles. The maximum absolute atomic E-state index is 12.2. The first-order valence-electron chi connectivity index (χ1n) is 43.4. The molecule has 4 saturated heterocycles. The van der Waals surface area contributed by atoms with Crippen molar-refractivity contribution < 1.29 is 58.7 Å². The average molecular weight is 1470 g/mol. The minimum atomic E-state index is -0.136. The van der Waals surface area contributed by atoms with Crippen LogP contribution in [0.25, 0.3) is 0 Å². The Morgan fingerprint density at radius 3 is 1.49 bits per heavy atom. The van der Waals surface area contributed by atoms with Gasteiger partial charge in [-0.05, 0) is 340 Å². The lowest BCUT2D eigenvalue weighted by Crippen LogP contribution is -2.57. The van der Waals surface area contributed by atoms with Crippen LogP contribution in [0.2, 0.25) is 0 Å². The van der Waals surface area contributed by atoms with Gasteiger partial charge < -0.3 is 40.7 Å². The Labute approximate surface area is 633 Å². The van der Waals surface area contributed by atoms with E-state index in [1.807, 2.05) is 12.2 Å². The number of ether oxygens (including phenoxy) is 4. The molecular formula is C91H121ClN2O12. The molecule has 15 saturated carbocycles. The third-order valence-electron chi connectivity index (χ3n) is 38.4. The second-order valence-electron chi connectivity index (χ2n) is 40.8. The first kappa shape index (κ1) is 71.8. The summed E-state index contributed by atoms with van der Waals surface area (Å²) in [6.07, 6.45) is 48.5. The molecule has 0 aromatic heterocycles. The van der Waals surface area contributed by atoms with Gasteiger partial charge in [-0.3, -0.25) is 28.8 Å². The summed E-state index contributed by atoms with van der Waals surface area (Å²) in [7, 11) is 0. The predicted octanol–water partition coefficient (Wildman–Crippen LogP) is 16.9. The molecule has 0 aromatic rings. The summed E-state index contributed by atoms with van der Waals surface area (Å²) in [5.74, 6) is 18.9. The van der Waals surface area contributed by atoms with E-state index in [1.54, 1.807) is 0 Å². The van der Waals surface area contributed by atoms with Crippen molar-refractivity contribution in [1.29, 1.82) is 10.8 Å². The van der Waals surface area contributed by atoms with Crippen LogP contribution in [0.15, 0.2) is 57.7 Å². The largest absolute Gasteiger partial charge is 0.458 e. The van der Waals surface area contributed by atoms with Gasteiger partial charge >= 0.3 is 23.9 Å². The molecule has 0 amide bonds. The average Bonchev–Trinajstić information content (AvgIpc) is 1.51. The van der Waals surface area contributed by atoms with Crippen LogP contribution >= 0.6 is 11.6 Å². The Hall–Kier alpha value is -4.53. The van der Waals surface area contributed by atoms with Gasteiger partial charge in [0.15, 0.2) is 11.6 Å². The van der Waals surface area contributed by atoms with Gasteiger partial charge in [0.05, 0.1) is 5.03 Å². The van der Waals surface area contributed by atoms with Crippen molar-refractivity contribution in [2.45, 2.75) is 282 Å². The third-order valence-corrected chi connectivity index (χ3v) is 38.9. The maximum Gasteiger partial charge on any atom is 0.306 e. The fraction of sp³-hybridized carbons (Fsp3) is 0.802. The van der Waals surface area contributed by atoms with Gasteiger partial charge in [-0.1, -0.05) is 69.5 Å². The molecule has 14 nitrogen and oxygen atoms in total. The number of nitrogens with one attached hydrogen (secondary N) is 2. The van der Waals surface area contributed by atoms with Crippen molar-refractivity contribution in [3.05, 3.63) is 57.7 Å². The van der Waals surface area contributed by atoms with Gasteiger partial charge in [-0.2, -0.15) is 0 Å². The summed E-state index contributed by atoms with van der Waals surface area (Å²) in [5, 5.41) is 16.9. The van der Waals surface area contributed by atoms with E-state index in [9.17, 15) is 28.8 Å². The Morgan fingerprint density at radius 2 is 0.896 bits per heavy atom. The second kappa shape index (κ2) is 24.5. The van der Waals surface area contributed by atoms with Crippen molar-refractivity contribution in [2.24, 2.45) is 170 Å². The van der Waals surface area contributed by atoms with Gasteiger partial charge in [0, 0.05) is 95.3 Å². The first-order valence-corrected chi connectivity index (χ1v) is 43.7. The van der Waals surface area contributed by atoms with Crippen LogP contribution in [0.3, 0.4) is 0 Å². The van der Waals surface area contributed by atoms with Crippen LogP contribution in [0.5, 0.6) is 0 Å². The van der Waals surface area contributed by atoms with E-state index in [0.29, 0.717) is 108 Å². The van der Waals surface area contributed by atoms with Gasteiger partial charge in [0.1, 0.15) is 22.4 Å². The van der Waals surface area contributed by atoms with Gasteiger partial charge in [-0.25, -0.2) is 0 Å². The number of esters is 4. The number of rotatable bonds is 2. The highest BCUT2D eigenvalue weighted by molar-refractivity contribution is 6.43. The number of hydrogen-bond acceptors (Lipinski definition) is 12. The number of fused-ring (bicyclic) bond motifs is 36. The number of halogens is 1. The molecule has 0 radical (unpaired) electrons. The van der Waals surface area contributed by atoms with Crippen molar-refractivity contribution in [1.82, 2.24) is 0 Å². The van der Waals surface area contributed by atoms with E-state index < -0.39 is 0 Å².